The Morgan fingerprint density at radius 3 is 2.56 bits per heavy atom. The molecule has 0 saturated heterocycles. The van der Waals surface area contributed by atoms with Crippen molar-refractivity contribution in [1.82, 2.24) is 0 Å². The molecule has 100 valence electrons. The highest BCUT2D eigenvalue weighted by Gasteiger charge is 2.36. The van der Waals surface area contributed by atoms with Crippen LogP contribution in [-0.4, -0.2) is 4.83 Å². The number of hydrogen-bond acceptors (Lipinski definition) is 0. The number of alkyl halides is 1. The van der Waals surface area contributed by atoms with E-state index < -0.39 is 0 Å². The van der Waals surface area contributed by atoms with Crippen molar-refractivity contribution in [2.24, 2.45) is 11.3 Å². The van der Waals surface area contributed by atoms with Crippen LogP contribution in [0.15, 0.2) is 24.3 Å². The first-order chi connectivity index (χ1) is 8.49. The SMILES string of the molecule is CC1(C)CCCCC1C(Br)Cc1ccc(F)cc1. The van der Waals surface area contributed by atoms with Crippen LogP contribution >= 0.6 is 15.9 Å². The minimum Gasteiger partial charge on any atom is -0.207 e. The van der Waals surface area contributed by atoms with Gasteiger partial charge in [0.25, 0.3) is 0 Å². The van der Waals surface area contributed by atoms with Gasteiger partial charge in [-0.1, -0.05) is 54.8 Å². The van der Waals surface area contributed by atoms with E-state index in [1.807, 2.05) is 12.1 Å². The third-order valence-electron chi connectivity index (χ3n) is 4.37. The van der Waals surface area contributed by atoms with Gasteiger partial charge in [0.05, 0.1) is 0 Å². The Bertz CT molecular complexity index is 383. The monoisotopic (exact) mass is 312 g/mol. The smallest absolute Gasteiger partial charge is 0.123 e. The molecular weight excluding hydrogens is 291 g/mol. The van der Waals surface area contributed by atoms with E-state index in [2.05, 4.69) is 29.8 Å². The van der Waals surface area contributed by atoms with Gasteiger partial charge in [-0.3, -0.25) is 0 Å². The molecule has 1 aliphatic carbocycles. The molecule has 1 aliphatic rings. The molecule has 2 atom stereocenters. The van der Waals surface area contributed by atoms with Crippen LogP contribution in [0.25, 0.3) is 0 Å². The zero-order chi connectivity index (χ0) is 13.2. The maximum atomic E-state index is 12.9. The van der Waals surface area contributed by atoms with Crippen molar-refractivity contribution >= 4 is 15.9 Å². The zero-order valence-electron chi connectivity index (χ0n) is 11.3. The highest BCUT2D eigenvalue weighted by molar-refractivity contribution is 9.09. The number of hydrogen-bond donors (Lipinski definition) is 0. The first kappa shape index (κ1) is 14.0. The van der Waals surface area contributed by atoms with Crippen LogP contribution in [0.1, 0.15) is 45.1 Å². The lowest BCUT2D eigenvalue weighted by atomic mass is 9.67. The van der Waals surface area contributed by atoms with Crippen LogP contribution in [-0.2, 0) is 6.42 Å². The van der Waals surface area contributed by atoms with Crippen molar-refractivity contribution in [2.45, 2.75) is 50.8 Å². The third kappa shape index (κ3) is 3.34. The summed E-state index contributed by atoms with van der Waals surface area (Å²) in [6, 6.07) is 6.92. The molecule has 0 amide bonds. The van der Waals surface area contributed by atoms with Crippen molar-refractivity contribution in [1.29, 1.82) is 0 Å². The predicted octanol–water partition coefficient (Wildman–Crippen LogP) is 5.35. The summed E-state index contributed by atoms with van der Waals surface area (Å²) in [6.07, 6.45) is 6.33. The molecule has 0 aliphatic heterocycles. The van der Waals surface area contributed by atoms with E-state index in [-0.39, 0.29) is 5.82 Å². The number of halogens is 2. The van der Waals surface area contributed by atoms with Gasteiger partial charge in [0, 0.05) is 4.83 Å². The molecule has 0 N–H and O–H groups in total. The van der Waals surface area contributed by atoms with Gasteiger partial charge in [-0.05, 0) is 48.3 Å². The van der Waals surface area contributed by atoms with Crippen molar-refractivity contribution in [3.8, 4) is 0 Å². The largest absolute Gasteiger partial charge is 0.207 e. The van der Waals surface area contributed by atoms with Gasteiger partial charge in [-0.25, -0.2) is 4.39 Å². The summed E-state index contributed by atoms with van der Waals surface area (Å²) >= 11 is 3.88. The average Bonchev–Trinajstić information content (AvgIpc) is 2.31. The van der Waals surface area contributed by atoms with E-state index in [1.165, 1.54) is 31.2 Å². The second kappa shape index (κ2) is 5.73. The molecule has 0 bridgehead atoms. The standard InChI is InChI=1S/C16H22BrF/c1-16(2)10-4-3-5-14(16)15(17)11-12-6-8-13(18)9-7-12/h6-9,14-15H,3-5,10-11H2,1-2H3. The molecule has 2 heteroatoms. The summed E-state index contributed by atoms with van der Waals surface area (Å²) in [5.74, 6) is 0.569. The number of benzene rings is 1. The van der Waals surface area contributed by atoms with Crippen LogP contribution < -0.4 is 0 Å². The Kier molecular flexibility index (Phi) is 4.47. The fraction of sp³-hybridized carbons (Fsp3) is 0.625. The molecule has 18 heavy (non-hydrogen) atoms. The van der Waals surface area contributed by atoms with E-state index >= 15 is 0 Å². The molecule has 1 aromatic carbocycles. The Labute approximate surface area is 118 Å². The van der Waals surface area contributed by atoms with Gasteiger partial charge < -0.3 is 0 Å². The summed E-state index contributed by atoms with van der Waals surface area (Å²) in [7, 11) is 0. The summed E-state index contributed by atoms with van der Waals surface area (Å²) in [5, 5.41) is 0. The summed E-state index contributed by atoms with van der Waals surface area (Å²) in [4.78, 5) is 0.498. The molecular formula is C16H22BrF. The van der Waals surface area contributed by atoms with Gasteiger partial charge in [0.1, 0.15) is 5.82 Å². The van der Waals surface area contributed by atoms with E-state index in [1.54, 1.807) is 12.1 Å². The second-order valence-corrected chi connectivity index (χ2v) is 7.36. The molecule has 0 aromatic heterocycles. The first-order valence-electron chi connectivity index (χ1n) is 6.87. The van der Waals surface area contributed by atoms with Gasteiger partial charge >= 0.3 is 0 Å². The van der Waals surface area contributed by atoms with Gasteiger partial charge in [-0.2, -0.15) is 0 Å². The second-order valence-electron chi connectivity index (χ2n) is 6.19. The summed E-state index contributed by atoms with van der Waals surface area (Å²) in [6.45, 7) is 4.77. The van der Waals surface area contributed by atoms with E-state index in [9.17, 15) is 4.39 Å². The van der Waals surface area contributed by atoms with Gasteiger partial charge in [-0.15, -0.1) is 0 Å². The third-order valence-corrected chi connectivity index (χ3v) is 5.33. The average molecular weight is 313 g/mol. The summed E-state index contributed by atoms with van der Waals surface area (Å²) < 4.78 is 12.9. The van der Waals surface area contributed by atoms with E-state index in [0.29, 0.717) is 10.2 Å². The Hall–Kier alpha value is -0.370. The lowest BCUT2D eigenvalue weighted by Crippen LogP contribution is -2.35. The summed E-state index contributed by atoms with van der Waals surface area (Å²) in [5.41, 5.74) is 1.64. The zero-order valence-corrected chi connectivity index (χ0v) is 12.8. The molecule has 0 nitrogen and oxygen atoms in total. The lowest BCUT2D eigenvalue weighted by Gasteiger charge is -2.41. The number of rotatable bonds is 3. The van der Waals surface area contributed by atoms with E-state index in [0.717, 1.165) is 12.3 Å². The maximum absolute atomic E-state index is 12.9. The van der Waals surface area contributed by atoms with Crippen molar-refractivity contribution in [3.63, 3.8) is 0 Å². The van der Waals surface area contributed by atoms with E-state index in [4.69, 9.17) is 0 Å². The molecule has 2 rings (SSSR count). The fourth-order valence-electron chi connectivity index (χ4n) is 3.18. The molecule has 0 spiro atoms. The minimum absolute atomic E-state index is 0.150. The Balaban J connectivity index is 2.02. The fourth-order valence-corrected chi connectivity index (χ4v) is 4.53. The first-order valence-corrected chi connectivity index (χ1v) is 7.79. The molecule has 0 radical (unpaired) electrons. The van der Waals surface area contributed by atoms with Gasteiger partial charge in [0.2, 0.25) is 0 Å². The molecule has 1 aromatic rings. The quantitative estimate of drug-likeness (QED) is 0.660. The van der Waals surface area contributed by atoms with Gasteiger partial charge in [0.15, 0.2) is 0 Å². The topological polar surface area (TPSA) is 0 Å². The normalized spacial score (nSPS) is 24.8. The highest BCUT2D eigenvalue weighted by atomic mass is 79.9. The molecule has 1 fully saturated rings. The molecule has 2 unspecified atom stereocenters. The minimum atomic E-state index is -0.150. The van der Waals surface area contributed by atoms with Crippen molar-refractivity contribution < 1.29 is 4.39 Å². The van der Waals surface area contributed by atoms with Crippen LogP contribution in [0.2, 0.25) is 0 Å². The molecule has 1 saturated carbocycles. The van der Waals surface area contributed by atoms with Crippen LogP contribution in [0, 0.1) is 17.2 Å². The highest BCUT2D eigenvalue weighted by Crippen LogP contribution is 2.45. The van der Waals surface area contributed by atoms with Crippen LogP contribution in [0.5, 0.6) is 0 Å². The van der Waals surface area contributed by atoms with Crippen molar-refractivity contribution in [2.75, 3.05) is 0 Å². The Morgan fingerprint density at radius 1 is 1.28 bits per heavy atom. The molecule has 0 heterocycles. The maximum Gasteiger partial charge on any atom is 0.123 e. The van der Waals surface area contributed by atoms with Crippen molar-refractivity contribution in [3.05, 3.63) is 35.6 Å². The van der Waals surface area contributed by atoms with Crippen LogP contribution in [0.4, 0.5) is 4.39 Å². The Morgan fingerprint density at radius 2 is 1.94 bits per heavy atom. The lowest BCUT2D eigenvalue weighted by molar-refractivity contribution is 0.136. The van der Waals surface area contributed by atoms with Crippen LogP contribution in [0.3, 0.4) is 0 Å². The predicted molar refractivity (Wildman–Crippen MR) is 78.6 cm³/mol.